The Hall–Kier alpha value is -2.28. The molecule has 0 radical (unpaired) electrons. The van der Waals surface area contributed by atoms with Crippen LogP contribution in [0.1, 0.15) is 18.2 Å². The maximum atomic E-state index is 5.21. The number of nitrogens with one attached hydrogen (secondary N) is 1. The molecule has 6 nitrogen and oxygen atoms in total. The van der Waals surface area contributed by atoms with Crippen molar-refractivity contribution in [2.45, 2.75) is 20.0 Å². The average molecular weight is 362 g/mol. The van der Waals surface area contributed by atoms with Crippen molar-refractivity contribution in [3.8, 4) is 5.75 Å². The summed E-state index contributed by atoms with van der Waals surface area (Å²) in [6, 6.07) is 8.10. The van der Waals surface area contributed by atoms with Gasteiger partial charge in [-0.15, -0.1) is 11.3 Å². The molecule has 0 aliphatic rings. The molecular formula is C18H27N5OS. The van der Waals surface area contributed by atoms with E-state index in [0.29, 0.717) is 6.54 Å². The molecule has 1 N–H and O–H groups in total. The van der Waals surface area contributed by atoms with E-state index in [-0.39, 0.29) is 0 Å². The second kappa shape index (κ2) is 9.27. The molecule has 1 aromatic carbocycles. The zero-order valence-electron chi connectivity index (χ0n) is 15.6. The predicted octanol–water partition coefficient (Wildman–Crippen LogP) is 2.82. The zero-order valence-corrected chi connectivity index (χ0v) is 16.4. The summed E-state index contributed by atoms with van der Waals surface area (Å²) in [7, 11) is 7.71. The van der Waals surface area contributed by atoms with Crippen LogP contribution in [0.3, 0.4) is 0 Å². The van der Waals surface area contributed by atoms with E-state index >= 15 is 0 Å². The van der Waals surface area contributed by atoms with Gasteiger partial charge in [0.2, 0.25) is 0 Å². The minimum absolute atomic E-state index is 0.569. The van der Waals surface area contributed by atoms with Gasteiger partial charge in [-0.2, -0.15) is 0 Å². The van der Waals surface area contributed by atoms with E-state index in [0.717, 1.165) is 35.6 Å². The van der Waals surface area contributed by atoms with Gasteiger partial charge in [0.05, 0.1) is 19.3 Å². The Morgan fingerprint density at radius 1 is 1.24 bits per heavy atom. The molecule has 0 aliphatic carbocycles. The molecule has 0 saturated heterocycles. The van der Waals surface area contributed by atoms with Crippen LogP contribution in [0, 0.1) is 0 Å². The molecule has 2 aromatic rings. The van der Waals surface area contributed by atoms with Gasteiger partial charge in [0.1, 0.15) is 5.75 Å². The van der Waals surface area contributed by atoms with E-state index in [1.54, 1.807) is 18.4 Å². The predicted molar refractivity (Wildman–Crippen MR) is 106 cm³/mol. The third-order valence-corrected chi connectivity index (χ3v) is 4.65. The van der Waals surface area contributed by atoms with Crippen molar-refractivity contribution in [3.05, 3.63) is 40.9 Å². The van der Waals surface area contributed by atoms with Crippen LogP contribution in [0.25, 0.3) is 0 Å². The van der Waals surface area contributed by atoms with Crippen LogP contribution in [0.5, 0.6) is 5.75 Å². The first-order chi connectivity index (χ1) is 12.0. The maximum Gasteiger partial charge on any atom is 0.194 e. The van der Waals surface area contributed by atoms with Gasteiger partial charge in [0.25, 0.3) is 0 Å². The summed E-state index contributed by atoms with van der Waals surface area (Å²) in [6.45, 7) is 4.24. The SMILES string of the molecule is CCNC(=NCc1csc(N(C)C)n1)N(C)Cc1ccc(OC)cc1. The number of rotatable bonds is 7. The lowest BCUT2D eigenvalue weighted by atomic mass is 10.2. The number of guanidine groups is 1. The number of hydrogen-bond donors (Lipinski definition) is 1. The number of aliphatic imine (C=N–C) groups is 1. The standard InChI is InChI=1S/C18H27N5OS/c1-6-19-17(20-11-15-13-25-18(21-15)22(2)3)23(4)12-14-7-9-16(24-5)10-8-14/h7-10,13H,6,11-12H2,1-5H3,(H,19,20). The Morgan fingerprint density at radius 3 is 2.52 bits per heavy atom. The van der Waals surface area contributed by atoms with Gasteiger partial charge in [0, 0.05) is 39.6 Å². The van der Waals surface area contributed by atoms with Crippen molar-refractivity contribution in [1.29, 1.82) is 0 Å². The lowest BCUT2D eigenvalue weighted by Gasteiger charge is -2.22. The molecule has 1 aromatic heterocycles. The lowest BCUT2D eigenvalue weighted by molar-refractivity contribution is 0.414. The average Bonchev–Trinajstić information content (AvgIpc) is 3.08. The molecule has 0 amide bonds. The first kappa shape index (κ1) is 19.1. The number of ether oxygens (including phenoxy) is 1. The van der Waals surface area contributed by atoms with Gasteiger partial charge in [-0.1, -0.05) is 12.1 Å². The molecule has 0 spiro atoms. The largest absolute Gasteiger partial charge is 0.497 e. The van der Waals surface area contributed by atoms with Crippen molar-refractivity contribution >= 4 is 22.4 Å². The number of methoxy groups -OCH3 is 1. The minimum atomic E-state index is 0.569. The minimum Gasteiger partial charge on any atom is -0.497 e. The van der Waals surface area contributed by atoms with Gasteiger partial charge >= 0.3 is 0 Å². The van der Waals surface area contributed by atoms with E-state index < -0.39 is 0 Å². The van der Waals surface area contributed by atoms with Crippen LogP contribution >= 0.6 is 11.3 Å². The molecular weight excluding hydrogens is 334 g/mol. The van der Waals surface area contributed by atoms with Crippen LogP contribution in [0.2, 0.25) is 0 Å². The molecule has 0 unspecified atom stereocenters. The fraction of sp³-hybridized carbons (Fsp3) is 0.444. The highest BCUT2D eigenvalue weighted by Crippen LogP contribution is 2.18. The first-order valence-electron chi connectivity index (χ1n) is 8.27. The molecule has 7 heteroatoms. The van der Waals surface area contributed by atoms with Gasteiger partial charge in [-0.25, -0.2) is 9.98 Å². The Kier molecular flexibility index (Phi) is 7.06. The Labute approximate surface area is 154 Å². The molecule has 1 heterocycles. The summed E-state index contributed by atoms with van der Waals surface area (Å²) in [6.07, 6.45) is 0. The number of nitrogens with zero attached hydrogens (tertiary/aromatic N) is 4. The van der Waals surface area contributed by atoms with E-state index in [4.69, 9.17) is 9.73 Å². The summed E-state index contributed by atoms with van der Waals surface area (Å²) in [5, 5.41) is 6.40. The first-order valence-corrected chi connectivity index (χ1v) is 9.15. The number of aromatic nitrogens is 1. The van der Waals surface area contributed by atoms with Gasteiger partial charge in [-0.3, -0.25) is 0 Å². The third-order valence-electron chi connectivity index (χ3n) is 3.59. The van der Waals surface area contributed by atoms with Crippen molar-refractivity contribution in [3.63, 3.8) is 0 Å². The number of benzene rings is 1. The Balaban J connectivity index is 2.03. The number of thiazole rings is 1. The van der Waals surface area contributed by atoms with E-state index in [9.17, 15) is 0 Å². The topological polar surface area (TPSA) is 53.0 Å². The molecule has 0 aliphatic heterocycles. The second-order valence-corrected chi connectivity index (χ2v) is 6.73. The van der Waals surface area contributed by atoms with Crippen LogP contribution in [-0.4, -0.2) is 50.6 Å². The lowest BCUT2D eigenvalue weighted by Crippen LogP contribution is -2.38. The van der Waals surface area contributed by atoms with Crippen molar-refractivity contribution in [2.24, 2.45) is 4.99 Å². The molecule has 0 fully saturated rings. The normalized spacial score (nSPS) is 11.3. The quantitative estimate of drug-likeness (QED) is 0.607. The van der Waals surface area contributed by atoms with E-state index in [1.807, 2.05) is 38.2 Å². The molecule has 2 rings (SSSR count). The van der Waals surface area contributed by atoms with Crippen molar-refractivity contribution < 1.29 is 4.74 Å². The van der Waals surface area contributed by atoms with Gasteiger partial charge in [-0.05, 0) is 24.6 Å². The van der Waals surface area contributed by atoms with Crippen LogP contribution in [0.15, 0.2) is 34.6 Å². The molecule has 136 valence electrons. The molecule has 0 bridgehead atoms. The number of hydrogen-bond acceptors (Lipinski definition) is 5. The fourth-order valence-electron chi connectivity index (χ4n) is 2.28. The summed E-state index contributed by atoms with van der Waals surface area (Å²) in [5.41, 5.74) is 2.19. The summed E-state index contributed by atoms with van der Waals surface area (Å²) in [4.78, 5) is 13.4. The van der Waals surface area contributed by atoms with Gasteiger partial charge < -0.3 is 19.9 Å². The molecule has 0 atom stereocenters. The highest BCUT2D eigenvalue weighted by Gasteiger charge is 2.08. The number of anilines is 1. The summed E-state index contributed by atoms with van der Waals surface area (Å²) in [5.74, 6) is 1.74. The molecule has 0 saturated carbocycles. The Morgan fingerprint density at radius 2 is 1.96 bits per heavy atom. The highest BCUT2D eigenvalue weighted by atomic mass is 32.1. The van der Waals surface area contributed by atoms with Crippen LogP contribution in [0.4, 0.5) is 5.13 Å². The maximum absolute atomic E-state index is 5.21. The van der Waals surface area contributed by atoms with Crippen LogP contribution in [-0.2, 0) is 13.1 Å². The van der Waals surface area contributed by atoms with Crippen molar-refractivity contribution in [1.82, 2.24) is 15.2 Å². The zero-order chi connectivity index (χ0) is 18.2. The summed E-state index contributed by atoms with van der Waals surface area (Å²) < 4.78 is 5.21. The third kappa shape index (κ3) is 5.63. The smallest absolute Gasteiger partial charge is 0.194 e. The van der Waals surface area contributed by atoms with Crippen LogP contribution < -0.4 is 15.0 Å². The molecule has 25 heavy (non-hydrogen) atoms. The fourth-order valence-corrected chi connectivity index (χ4v) is 3.03. The highest BCUT2D eigenvalue weighted by molar-refractivity contribution is 7.13. The monoisotopic (exact) mass is 361 g/mol. The Bertz CT molecular complexity index is 681. The summed E-state index contributed by atoms with van der Waals surface area (Å²) >= 11 is 1.64. The van der Waals surface area contributed by atoms with Crippen molar-refractivity contribution in [2.75, 3.05) is 39.7 Å². The van der Waals surface area contributed by atoms with Gasteiger partial charge in [0.15, 0.2) is 11.1 Å². The second-order valence-electron chi connectivity index (χ2n) is 5.89. The van der Waals surface area contributed by atoms with E-state index in [1.165, 1.54) is 5.56 Å². The van der Waals surface area contributed by atoms with E-state index in [2.05, 4.69) is 39.6 Å².